The largest absolute Gasteiger partial charge is 0.367 e. The van der Waals surface area contributed by atoms with Crippen LogP contribution < -0.4 is 5.73 Å². The second-order valence-corrected chi connectivity index (χ2v) is 7.77. The summed E-state index contributed by atoms with van der Waals surface area (Å²) in [6, 6.07) is 20.7. The predicted molar refractivity (Wildman–Crippen MR) is 116 cm³/mol. The third-order valence-electron chi connectivity index (χ3n) is 5.74. The molecule has 6 nitrogen and oxygen atoms in total. The molecule has 4 rings (SSSR count). The highest BCUT2D eigenvalue weighted by Crippen LogP contribution is 2.29. The van der Waals surface area contributed by atoms with Crippen molar-refractivity contribution in [2.75, 3.05) is 26.2 Å². The molecule has 1 atom stereocenters. The van der Waals surface area contributed by atoms with E-state index in [0.717, 1.165) is 49.3 Å². The van der Waals surface area contributed by atoms with Crippen molar-refractivity contribution in [1.82, 2.24) is 15.1 Å². The van der Waals surface area contributed by atoms with Gasteiger partial charge in [-0.15, -0.1) is 0 Å². The zero-order valence-electron chi connectivity index (χ0n) is 17.0. The molecule has 3 N–H and O–H groups in total. The van der Waals surface area contributed by atoms with Crippen molar-refractivity contribution < 1.29 is 9.53 Å². The van der Waals surface area contributed by atoms with E-state index in [0.29, 0.717) is 12.2 Å². The summed E-state index contributed by atoms with van der Waals surface area (Å²) in [5.41, 5.74) is 9.17. The summed E-state index contributed by atoms with van der Waals surface area (Å²) in [4.78, 5) is 14.0. The summed E-state index contributed by atoms with van der Waals surface area (Å²) in [7, 11) is 0. The number of rotatable bonds is 8. The van der Waals surface area contributed by atoms with Crippen LogP contribution in [0.4, 0.5) is 0 Å². The van der Waals surface area contributed by atoms with Crippen molar-refractivity contribution in [1.29, 1.82) is 0 Å². The molecule has 1 aliphatic heterocycles. The number of nitrogens with one attached hydrogen (secondary N) is 1. The van der Waals surface area contributed by atoms with Gasteiger partial charge < -0.3 is 15.4 Å². The standard InChI is InChI=1S/C24H28N4O2/c25-24(29)21-16-26-27-22(21)20-12-7-13-28(17-20)14-15-30-23(18-8-3-1-4-9-18)19-10-5-2-6-11-19/h1-6,8-11,16,20,23H,7,12-15,17H2,(H2,25,29)(H,26,27). The lowest BCUT2D eigenvalue weighted by Gasteiger charge is -2.32. The lowest BCUT2D eigenvalue weighted by Crippen LogP contribution is -2.37. The Hall–Kier alpha value is -2.96. The van der Waals surface area contributed by atoms with Gasteiger partial charge in [-0.2, -0.15) is 5.10 Å². The lowest BCUT2D eigenvalue weighted by molar-refractivity contribution is 0.0533. The topological polar surface area (TPSA) is 84.2 Å². The highest BCUT2D eigenvalue weighted by Gasteiger charge is 2.26. The van der Waals surface area contributed by atoms with Crippen molar-refractivity contribution in [3.05, 3.63) is 89.2 Å². The molecular formula is C24H28N4O2. The minimum atomic E-state index is -0.423. The minimum absolute atomic E-state index is 0.0814. The number of carbonyl (C=O) groups excluding carboxylic acids is 1. The molecular weight excluding hydrogens is 376 g/mol. The molecule has 2 aromatic carbocycles. The van der Waals surface area contributed by atoms with Crippen molar-refractivity contribution in [3.8, 4) is 0 Å². The van der Waals surface area contributed by atoms with E-state index in [1.165, 1.54) is 6.20 Å². The second-order valence-electron chi connectivity index (χ2n) is 7.77. The molecule has 0 saturated carbocycles. The fourth-order valence-corrected chi connectivity index (χ4v) is 4.24. The minimum Gasteiger partial charge on any atom is -0.367 e. The molecule has 0 bridgehead atoms. The summed E-state index contributed by atoms with van der Waals surface area (Å²) < 4.78 is 6.37. The van der Waals surface area contributed by atoms with Crippen LogP contribution in [0.1, 0.15) is 52.0 Å². The van der Waals surface area contributed by atoms with E-state index in [2.05, 4.69) is 39.4 Å². The third-order valence-corrected chi connectivity index (χ3v) is 5.74. The van der Waals surface area contributed by atoms with E-state index in [9.17, 15) is 4.79 Å². The van der Waals surface area contributed by atoms with Crippen LogP contribution in [-0.4, -0.2) is 47.2 Å². The van der Waals surface area contributed by atoms with Gasteiger partial charge in [0.05, 0.1) is 24.1 Å². The average molecular weight is 405 g/mol. The SMILES string of the molecule is NC(=O)c1cn[nH]c1C1CCCN(CCOC(c2ccccc2)c2ccccc2)C1. The summed E-state index contributed by atoms with van der Waals surface area (Å²) in [6.07, 6.45) is 3.55. The van der Waals surface area contributed by atoms with Gasteiger partial charge in [0, 0.05) is 19.0 Å². The van der Waals surface area contributed by atoms with Crippen LogP contribution in [0.25, 0.3) is 0 Å². The first kappa shape index (κ1) is 20.3. The summed E-state index contributed by atoms with van der Waals surface area (Å²) in [5, 5.41) is 7.01. The van der Waals surface area contributed by atoms with Crippen LogP contribution in [-0.2, 0) is 4.74 Å². The van der Waals surface area contributed by atoms with E-state index in [4.69, 9.17) is 10.5 Å². The van der Waals surface area contributed by atoms with Gasteiger partial charge in [0.15, 0.2) is 0 Å². The van der Waals surface area contributed by atoms with Crippen molar-refractivity contribution >= 4 is 5.91 Å². The van der Waals surface area contributed by atoms with E-state index >= 15 is 0 Å². The number of amides is 1. The van der Waals surface area contributed by atoms with Gasteiger partial charge in [0.25, 0.3) is 5.91 Å². The Balaban J connectivity index is 1.38. The fraction of sp³-hybridized carbons (Fsp3) is 0.333. The van der Waals surface area contributed by atoms with Crippen LogP contribution >= 0.6 is 0 Å². The second kappa shape index (κ2) is 9.69. The molecule has 1 aliphatic rings. The van der Waals surface area contributed by atoms with E-state index in [1.54, 1.807) is 0 Å². The normalized spacial score (nSPS) is 17.3. The molecule has 0 spiro atoms. The summed E-state index contributed by atoms with van der Waals surface area (Å²) in [5.74, 6) is -0.185. The van der Waals surface area contributed by atoms with Crippen molar-refractivity contribution in [2.45, 2.75) is 24.9 Å². The lowest BCUT2D eigenvalue weighted by atomic mass is 9.92. The monoisotopic (exact) mass is 404 g/mol. The smallest absolute Gasteiger partial charge is 0.252 e. The Bertz CT molecular complexity index is 903. The molecule has 1 unspecified atom stereocenters. The number of ether oxygens (including phenoxy) is 1. The van der Waals surface area contributed by atoms with E-state index < -0.39 is 5.91 Å². The van der Waals surface area contributed by atoms with Gasteiger partial charge in [0.1, 0.15) is 6.10 Å². The molecule has 3 aromatic rings. The Labute approximate surface area is 177 Å². The number of H-pyrrole nitrogens is 1. The molecule has 156 valence electrons. The van der Waals surface area contributed by atoms with Gasteiger partial charge in [-0.25, -0.2) is 0 Å². The van der Waals surface area contributed by atoms with Gasteiger partial charge in [0.2, 0.25) is 0 Å². The number of benzene rings is 2. The zero-order valence-corrected chi connectivity index (χ0v) is 17.0. The summed E-state index contributed by atoms with van der Waals surface area (Å²) >= 11 is 0. The maximum Gasteiger partial charge on any atom is 0.252 e. The molecule has 1 fully saturated rings. The number of aromatic amines is 1. The Kier molecular flexibility index (Phi) is 6.57. The van der Waals surface area contributed by atoms with E-state index in [-0.39, 0.29) is 12.0 Å². The number of hydrogen-bond acceptors (Lipinski definition) is 4. The van der Waals surface area contributed by atoms with Crippen LogP contribution in [0.2, 0.25) is 0 Å². The van der Waals surface area contributed by atoms with Gasteiger partial charge in [-0.3, -0.25) is 9.89 Å². The maximum atomic E-state index is 11.7. The van der Waals surface area contributed by atoms with Crippen molar-refractivity contribution in [3.63, 3.8) is 0 Å². The summed E-state index contributed by atoms with van der Waals surface area (Å²) in [6.45, 7) is 3.37. The number of likely N-dealkylation sites (tertiary alicyclic amines) is 1. The zero-order chi connectivity index (χ0) is 20.8. The molecule has 0 radical (unpaired) electrons. The first-order valence-corrected chi connectivity index (χ1v) is 10.5. The molecule has 1 amide bonds. The highest BCUT2D eigenvalue weighted by molar-refractivity contribution is 5.93. The van der Waals surface area contributed by atoms with Crippen LogP contribution in [0, 0.1) is 0 Å². The fourth-order valence-electron chi connectivity index (χ4n) is 4.24. The Morgan fingerprint density at radius 1 is 1.13 bits per heavy atom. The molecule has 1 saturated heterocycles. The average Bonchev–Trinajstić information content (AvgIpc) is 3.29. The number of nitrogens with two attached hydrogens (primary N) is 1. The molecule has 1 aromatic heterocycles. The molecule has 0 aliphatic carbocycles. The number of piperidine rings is 1. The first-order chi connectivity index (χ1) is 14.7. The van der Waals surface area contributed by atoms with Gasteiger partial charge in [-0.05, 0) is 30.5 Å². The number of hydrogen-bond donors (Lipinski definition) is 2. The number of nitrogens with zero attached hydrogens (tertiary/aromatic N) is 2. The van der Waals surface area contributed by atoms with Crippen LogP contribution in [0.5, 0.6) is 0 Å². The maximum absolute atomic E-state index is 11.7. The highest BCUT2D eigenvalue weighted by atomic mass is 16.5. The van der Waals surface area contributed by atoms with Crippen LogP contribution in [0.15, 0.2) is 66.9 Å². The predicted octanol–water partition coefficient (Wildman–Crippen LogP) is 3.49. The van der Waals surface area contributed by atoms with E-state index in [1.807, 2.05) is 36.4 Å². The Morgan fingerprint density at radius 3 is 2.43 bits per heavy atom. The van der Waals surface area contributed by atoms with Crippen molar-refractivity contribution in [2.24, 2.45) is 5.73 Å². The van der Waals surface area contributed by atoms with Crippen LogP contribution in [0.3, 0.4) is 0 Å². The number of carbonyl (C=O) groups is 1. The first-order valence-electron chi connectivity index (χ1n) is 10.5. The molecule has 2 heterocycles. The van der Waals surface area contributed by atoms with Gasteiger partial charge in [-0.1, -0.05) is 60.7 Å². The molecule has 30 heavy (non-hydrogen) atoms. The molecule has 6 heteroatoms. The number of primary amides is 1. The third kappa shape index (κ3) is 4.78. The number of aromatic nitrogens is 2. The van der Waals surface area contributed by atoms with Gasteiger partial charge >= 0.3 is 0 Å². The Morgan fingerprint density at radius 2 is 1.80 bits per heavy atom. The quantitative estimate of drug-likeness (QED) is 0.602.